The number of carbonyl (C=O) groups is 2. The highest BCUT2D eigenvalue weighted by atomic mass is 16.6. The largest absolute Gasteiger partial charge is 0.443 e. The lowest BCUT2D eigenvalue weighted by atomic mass is 9.80. The van der Waals surface area contributed by atoms with Crippen molar-refractivity contribution in [2.75, 3.05) is 0 Å². The third-order valence-electron chi connectivity index (χ3n) is 5.02. The van der Waals surface area contributed by atoms with Crippen molar-refractivity contribution < 1.29 is 14.3 Å². The van der Waals surface area contributed by atoms with Crippen LogP contribution in [0.25, 0.3) is 0 Å². The topological polar surface area (TPSA) is 55.4 Å². The van der Waals surface area contributed by atoms with E-state index in [4.69, 9.17) is 4.74 Å². The van der Waals surface area contributed by atoms with E-state index in [0.29, 0.717) is 0 Å². The molecule has 2 fully saturated rings. The molecule has 2 saturated carbocycles. The number of hydrogen-bond acceptors (Lipinski definition) is 3. The van der Waals surface area contributed by atoms with E-state index in [1.54, 1.807) is 0 Å². The summed E-state index contributed by atoms with van der Waals surface area (Å²) in [6.45, 7) is 5.77. The Kier molecular flexibility index (Phi) is 5.28. The van der Waals surface area contributed by atoms with Crippen LogP contribution in [0.4, 0.5) is 4.79 Å². The standard InChI is InChI=1S/C17H29NO3/c1-12(2)15(19)14(13-8-5-4-6-9-13)18-16(20)21-17(3)10-7-11-17/h12-14H,4-11H2,1-3H3,(H,18,20)/t14-/m1/s1. The molecule has 0 heterocycles. The fraction of sp³-hybridized carbons (Fsp3) is 0.882. The molecule has 0 bridgehead atoms. The lowest BCUT2D eigenvalue weighted by molar-refractivity contribution is -0.125. The quantitative estimate of drug-likeness (QED) is 0.838. The molecular weight excluding hydrogens is 266 g/mol. The first-order valence-electron chi connectivity index (χ1n) is 8.44. The van der Waals surface area contributed by atoms with Crippen molar-refractivity contribution >= 4 is 11.9 Å². The van der Waals surface area contributed by atoms with Gasteiger partial charge in [-0.3, -0.25) is 4.79 Å². The minimum atomic E-state index is -0.415. The van der Waals surface area contributed by atoms with E-state index in [1.165, 1.54) is 6.42 Å². The van der Waals surface area contributed by atoms with Crippen molar-refractivity contribution in [1.82, 2.24) is 5.32 Å². The van der Waals surface area contributed by atoms with Gasteiger partial charge in [-0.1, -0.05) is 33.1 Å². The van der Waals surface area contributed by atoms with Crippen molar-refractivity contribution in [3.05, 3.63) is 0 Å². The Labute approximate surface area is 128 Å². The van der Waals surface area contributed by atoms with Crippen molar-refractivity contribution in [3.63, 3.8) is 0 Å². The SMILES string of the molecule is CC(C)C(=O)[C@H](NC(=O)OC1(C)CCC1)C1CCCCC1. The molecule has 0 spiro atoms. The molecule has 21 heavy (non-hydrogen) atoms. The third kappa shape index (κ3) is 4.21. The average Bonchev–Trinajstić information content (AvgIpc) is 2.43. The van der Waals surface area contributed by atoms with Crippen LogP contribution in [0.5, 0.6) is 0 Å². The van der Waals surface area contributed by atoms with E-state index >= 15 is 0 Å². The van der Waals surface area contributed by atoms with Crippen LogP contribution in [0.2, 0.25) is 0 Å². The Morgan fingerprint density at radius 3 is 2.19 bits per heavy atom. The first kappa shape index (κ1) is 16.3. The Balaban J connectivity index is 1.97. The molecule has 1 atom stereocenters. The molecule has 0 radical (unpaired) electrons. The van der Waals surface area contributed by atoms with Crippen LogP contribution in [-0.4, -0.2) is 23.5 Å². The van der Waals surface area contributed by atoms with Gasteiger partial charge in [0.1, 0.15) is 5.60 Å². The molecule has 2 aliphatic carbocycles. The van der Waals surface area contributed by atoms with Crippen LogP contribution >= 0.6 is 0 Å². The monoisotopic (exact) mass is 295 g/mol. The molecule has 2 rings (SSSR count). The van der Waals surface area contributed by atoms with Crippen LogP contribution in [0.3, 0.4) is 0 Å². The van der Waals surface area contributed by atoms with E-state index in [2.05, 4.69) is 5.32 Å². The minimum Gasteiger partial charge on any atom is -0.443 e. The van der Waals surface area contributed by atoms with Gasteiger partial charge < -0.3 is 10.1 Å². The van der Waals surface area contributed by atoms with Gasteiger partial charge in [-0.15, -0.1) is 0 Å². The van der Waals surface area contributed by atoms with E-state index in [0.717, 1.165) is 44.9 Å². The summed E-state index contributed by atoms with van der Waals surface area (Å²) >= 11 is 0. The summed E-state index contributed by atoms with van der Waals surface area (Å²) in [5.74, 6) is 0.351. The molecule has 0 aromatic carbocycles. The normalized spacial score (nSPS) is 23.2. The van der Waals surface area contributed by atoms with Gasteiger partial charge >= 0.3 is 6.09 Å². The second kappa shape index (κ2) is 6.80. The number of hydrogen-bond donors (Lipinski definition) is 1. The molecule has 120 valence electrons. The van der Waals surface area contributed by atoms with E-state index < -0.39 is 6.09 Å². The average molecular weight is 295 g/mol. The number of amides is 1. The van der Waals surface area contributed by atoms with Gasteiger partial charge in [-0.25, -0.2) is 4.79 Å². The van der Waals surface area contributed by atoms with Crippen molar-refractivity contribution in [3.8, 4) is 0 Å². The smallest absolute Gasteiger partial charge is 0.408 e. The molecule has 0 aromatic heterocycles. The van der Waals surface area contributed by atoms with E-state index in [9.17, 15) is 9.59 Å². The molecule has 4 nitrogen and oxygen atoms in total. The van der Waals surface area contributed by atoms with E-state index in [1.807, 2.05) is 20.8 Å². The second-order valence-corrected chi connectivity index (χ2v) is 7.27. The fourth-order valence-corrected chi connectivity index (χ4v) is 3.40. The highest BCUT2D eigenvalue weighted by Crippen LogP contribution is 2.35. The Morgan fingerprint density at radius 2 is 1.71 bits per heavy atom. The first-order chi connectivity index (χ1) is 9.91. The number of alkyl carbamates (subject to hydrolysis) is 1. The maximum Gasteiger partial charge on any atom is 0.408 e. The maximum absolute atomic E-state index is 12.5. The maximum atomic E-state index is 12.5. The molecule has 2 aliphatic rings. The summed E-state index contributed by atoms with van der Waals surface area (Å²) in [4.78, 5) is 24.6. The molecular formula is C17H29NO3. The fourth-order valence-electron chi connectivity index (χ4n) is 3.40. The molecule has 1 amide bonds. The highest BCUT2D eigenvalue weighted by molar-refractivity contribution is 5.89. The summed E-state index contributed by atoms with van der Waals surface area (Å²) in [6.07, 6.45) is 8.15. The predicted molar refractivity (Wildman–Crippen MR) is 82.1 cm³/mol. The molecule has 0 aliphatic heterocycles. The van der Waals surface area contributed by atoms with Crippen molar-refractivity contribution in [2.45, 2.75) is 83.8 Å². The van der Waals surface area contributed by atoms with Crippen LogP contribution in [0, 0.1) is 11.8 Å². The van der Waals surface area contributed by atoms with Gasteiger partial charge in [0.05, 0.1) is 6.04 Å². The summed E-state index contributed by atoms with van der Waals surface area (Å²) in [5, 5.41) is 2.88. The number of ketones is 1. The summed E-state index contributed by atoms with van der Waals surface area (Å²) in [6, 6.07) is -0.374. The van der Waals surface area contributed by atoms with Gasteiger partial charge in [-0.2, -0.15) is 0 Å². The molecule has 0 unspecified atom stereocenters. The first-order valence-corrected chi connectivity index (χ1v) is 8.44. The number of Topliss-reactive ketones (excluding diaryl/α,β-unsaturated/α-hetero) is 1. The van der Waals surface area contributed by atoms with Crippen LogP contribution in [-0.2, 0) is 9.53 Å². The summed E-state index contributed by atoms with van der Waals surface area (Å²) in [7, 11) is 0. The predicted octanol–water partition coefficient (Wildman–Crippen LogP) is 3.83. The molecule has 1 N–H and O–H groups in total. The lowest BCUT2D eigenvalue weighted by Crippen LogP contribution is -2.51. The zero-order valence-electron chi connectivity index (χ0n) is 13.6. The van der Waals surface area contributed by atoms with Crippen molar-refractivity contribution in [1.29, 1.82) is 0 Å². The summed E-state index contributed by atoms with van der Waals surface area (Å²) < 4.78 is 5.52. The third-order valence-corrected chi connectivity index (χ3v) is 5.02. The lowest BCUT2D eigenvalue weighted by Gasteiger charge is -2.38. The zero-order valence-corrected chi connectivity index (χ0v) is 13.6. The second-order valence-electron chi connectivity index (χ2n) is 7.27. The van der Waals surface area contributed by atoms with Gasteiger partial charge in [0.25, 0.3) is 0 Å². The minimum absolute atomic E-state index is 0.0588. The van der Waals surface area contributed by atoms with Gasteiger partial charge in [0.2, 0.25) is 0 Å². The van der Waals surface area contributed by atoms with Crippen LogP contribution in [0.1, 0.15) is 72.1 Å². The molecule has 0 aromatic rings. The summed E-state index contributed by atoms with van der Waals surface area (Å²) in [5.41, 5.74) is -0.317. The van der Waals surface area contributed by atoms with Gasteiger partial charge in [-0.05, 0) is 44.9 Å². The van der Waals surface area contributed by atoms with Crippen molar-refractivity contribution in [2.24, 2.45) is 11.8 Å². The number of ether oxygens (including phenoxy) is 1. The molecule has 4 heteroatoms. The van der Waals surface area contributed by atoms with Crippen LogP contribution in [0.15, 0.2) is 0 Å². The number of rotatable bonds is 5. The zero-order chi connectivity index (χ0) is 15.5. The van der Waals surface area contributed by atoms with Crippen LogP contribution < -0.4 is 5.32 Å². The Morgan fingerprint density at radius 1 is 1.10 bits per heavy atom. The molecule has 0 saturated heterocycles. The Bertz CT molecular complexity index is 381. The Hall–Kier alpha value is -1.06. The number of carbonyl (C=O) groups excluding carboxylic acids is 2. The van der Waals surface area contributed by atoms with Gasteiger partial charge in [0.15, 0.2) is 5.78 Å². The highest BCUT2D eigenvalue weighted by Gasteiger charge is 2.38. The van der Waals surface area contributed by atoms with Gasteiger partial charge in [0, 0.05) is 5.92 Å². The number of nitrogens with one attached hydrogen (secondary N) is 1. The van der Waals surface area contributed by atoms with E-state index in [-0.39, 0.29) is 29.3 Å².